The van der Waals surface area contributed by atoms with Gasteiger partial charge in [0, 0.05) is 32.2 Å². The van der Waals surface area contributed by atoms with Gasteiger partial charge in [0.1, 0.15) is 5.75 Å². The highest BCUT2D eigenvalue weighted by Gasteiger charge is 2.28. The van der Waals surface area contributed by atoms with E-state index in [1.807, 2.05) is 6.07 Å². The topological polar surface area (TPSA) is 19.0 Å². The van der Waals surface area contributed by atoms with Gasteiger partial charge in [-0.15, -0.1) is 0 Å². The lowest BCUT2D eigenvalue weighted by Crippen LogP contribution is -2.53. The van der Waals surface area contributed by atoms with Crippen LogP contribution >= 0.6 is 0 Å². The summed E-state index contributed by atoms with van der Waals surface area (Å²) in [5, 5.41) is 0. The first-order valence-corrected chi connectivity index (χ1v) is 11.2. The zero-order valence-electron chi connectivity index (χ0n) is 17.8. The van der Waals surface area contributed by atoms with E-state index in [0.717, 1.165) is 38.0 Å². The van der Waals surface area contributed by atoms with E-state index in [2.05, 4.69) is 63.2 Å². The molecule has 0 spiro atoms. The predicted molar refractivity (Wildman–Crippen MR) is 121 cm³/mol. The van der Waals surface area contributed by atoms with Crippen molar-refractivity contribution >= 4 is 5.69 Å². The van der Waals surface area contributed by atoms with Gasteiger partial charge in [-0.05, 0) is 63.0 Å². The van der Waals surface area contributed by atoms with E-state index in [1.165, 1.54) is 56.6 Å². The number of nitrogens with zero attached hydrogens (tertiary/aromatic N) is 3. The van der Waals surface area contributed by atoms with Crippen molar-refractivity contribution in [3.8, 4) is 5.75 Å². The van der Waals surface area contributed by atoms with Crippen molar-refractivity contribution in [1.29, 1.82) is 0 Å². The number of hydrogen-bond donors (Lipinski definition) is 0. The van der Waals surface area contributed by atoms with Crippen molar-refractivity contribution in [2.45, 2.75) is 31.7 Å². The maximum atomic E-state index is 5.55. The third kappa shape index (κ3) is 5.31. The predicted octanol–water partition coefficient (Wildman–Crippen LogP) is 3.91. The summed E-state index contributed by atoms with van der Waals surface area (Å²) in [6, 6.07) is 20.1. The number of piperazine rings is 1. The largest absolute Gasteiger partial charge is 0.495 e. The van der Waals surface area contributed by atoms with Crippen LogP contribution in [0.25, 0.3) is 0 Å². The summed E-state index contributed by atoms with van der Waals surface area (Å²) in [5.41, 5.74) is 2.71. The minimum absolute atomic E-state index is 0.764. The summed E-state index contributed by atoms with van der Waals surface area (Å²) >= 11 is 0. The van der Waals surface area contributed by atoms with E-state index in [0.29, 0.717) is 0 Å². The lowest BCUT2D eigenvalue weighted by Gasteiger charge is -2.43. The van der Waals surface area contributed by atoms with Crippen molar-refractivity contribution in [2.24, 2.45) is 0 Å². The first kappa shape index (κ1) is 20.2. The molecule has 0 unspecified atom stereocenters. The molecule has 0 saturated carbocycles. The van der Waals surface area contributed by atoms with E-state index in [-0.39, 0.29) is 0 Å². The molecule has 2 aromatic carbocycles. The summed E-state index contributed by atoms with van der Waals surface area (Å²) in [7, 11) is 1.77. The Bertz CT molecular complexity index is 735. The Balaban J connectivity index is 1.18. The van der Waals surface area contributed by atoms with Crippen molar-refractivity contribution in [2.75, 3.05) is 57.8 Å². The maximum absolute atomic E-state index is 5.55. The molecule has 0 radical (unpaired) electrons. The maximum Gasteiger partial charge on any atom is 0.142 e. The number of benzene rings is 2. The summed E-state index contributed by atoms with van der Waals surface area (Å²) in [6.45, 7) is 8.27. The Morgan fingerprint density at radius 1 is 0.828 bits per heavy atom. The molecule has 4 rings (SSSR count). The first-order chi connectivity index (χ1) is 14.3. The third-order valence-electron chi connectivity index (χ3n) is 6.60. The van der Waals surface area contributed by atoms with Crippen molar-refractivity contribution < 1.29 is 4.74 Å². The fourth-order valence-corrected chi connectivity index (χ4v) is 4.88. The highest BCUT2D eigenvalue weighted by atomic mass is 16.5. The second-order valence-electron chi connectivity index (χ2n) is 8.36. The Kier molecular flexibility index (Phi) is 7.07. The molecule has 2 aromatic rings. The van der Waals surface area contributed by atoms with Crippen LogP contribution in [0.2, 0.25) is 0 Å². The summed E-state index contributed by atoms with van der Waals surface area (Å²) in [4.78, 5) is 7.88. The molecule has 0 N–H and O–H groups in total. The average Bonchev–Trinajstić information content (AvgIpc) is 2.80. The van der Waals surface area contributed by atoms with E-state index in [4.69, 9.17) is 4.74 Å². The Labute approximate surface area is 176 Å². The Hall–Kier alpha value is -2.04. The van der Waals surface area contributed by atoms with Gasteiger partial charge in [0.2, 0.25) is 0 Å². The van der Waals surface area contributed by atoms with Gasteiger partial charge in [0.15, 0.2) is 0 Å². The van der Waals surface area contributed by atoms with Crippen LogP contribution in [0, 0.1) is 0 Å². The van der Waals surface area contributed by atoms with Gasteiger partial charge in [-0.1, -0.05) is 42.5 Å². The van der Waals surface area contributed by atoms with Crippen LogP contribution in [0.3, 0.4) is 0 Å². The van der Waals surface area contributed by atoms with Crippen LogP contribution in [-0.2, 0) is 6.42 Å². The molecule has 29 heavy (non-hydrogen) atoms. The van der Waals surface area contributed by atoms with Crippen LogP contribution in [0.5, 0.6) is 5.75 Å². The molecule has 0 atom stereocenters. The van der Waals surface area contributed by atoms with E-state index in [1.54, 1.807) is 7.11 Å². The highest BCUT2D eigenvalue weighted by Crippen LogP contribution is 2.29. The number of para-hydroxylation sites is 2. The molecule has 0 aromatic heterocycles. The third-order valence-corrected chi connectivity index (χ3v) is 6.60. The molecule has 2 aliphatic heterocycles. The van der Waals surface area contributed by atoms with E-state index in [9.17, 15) is 0 Å². The SMILES string of the molecule is COc1ccccc1N1CCN(C2CCN(CCCc3ccccc3)CC2)CC1. The van der Waals surface area contributed by atoms with Crippen LogP contribution in [0.4, 0.5) is 5.69 Å². The fraction of sp³-hybridized carbons (Fsp3) is 0.520. The van der Waals surface area contributed by atoms with Crippen LogP contribution in [-0.4, -0.2) is 68.8 Å². The lowest BCUT2D eigenvalue weighted by atomic mass is 10.0. The molecule has 2 saturated heterocycles. The summed E-state index contributed by atoms with van der Waals surface area (Å²) in [5.74, 6) is 0.991. The minimum atomic E-state index is 0.764. The van der Waals surface area contributed by atoms with E-state index < -0.39 is 0 Å². The Morgan fingerprint density at radius 2 is 1.52 bits per heavy atom. The molecular weight excluding hydrogens is 358 g/mol. The van der Waals surface area contributed by atoms with Crippen LogP contribution in [0.1, 0.15) is 24.8 Å². The molecule has 2 aliphatic rings. The van der Waals surface area contributed by atoms with Gasteiger partial charge in [-0.3, -0.25) is 4.90 Å². The second kappa shape index (κ2) is 10.1. The zero-order valence-corrected chi connectivity index (χ0v) is 17.8. The number of anilines is 1. The molecule has 2 fully saturated rings. The van der Waals surface area contributed by atoms with E-state index >= 15 is 0 Å². The molecule has 4 nitrogen and oxygen atoms in total. The van der Waals surface area contributed by atoms with Crippen molar-refractivity contribution in [1.82, 2.24) is 9.80 Å². The molecule has 0 amide bonds. The second-order valence-corrected chi connectivity index (χ2v) is 8.36. The fourth-order valence-electron chi connectivity index (χ4n) is 4.88. The number of likely N-dealkylation sites (tertiary alicyclic amines) is 1. The Morgan fingerprint density at radius 3 is 2.24 bits per heavy atom. The summed E-state index contributed by atoms with van der Waals surface area (Å²) in [6.07, 6.45) is 5.11. The average molecular weight is 394 g/mol. The van der Waals surface area contributed by atoms with Gasteiger partial charge < -0.3 is 14.5 Å². The highest BCUT2D eigenvalue weighted by molar-refractivity contribution is 5.58. The molecule has 0 bridgehead atoms. The number of ether oxygens (including phenoxy) is 1. The van der Waals surface area contributed by atoms with Gasteiger partial charge in [-0.2, -0.15) is 0 Å². The van der Waals surface area contributed by atoms with Crippen molar-refractivity contribution in [3.63, 3.8) is 0 Å². The van der Waals surface area contributed by atoms with Crippen LogP contribution in [0.15, 0.2) is 54.6 Å². The summed E-state index contributed by atoms with van der Waals surface area (Å²) < 4.78 is 5.55. The zero-order chi connectivity index (χ0) is 19.9. The van der Waals surface area contributed by atoms with Gasteiger partial charge in [0.05, 0.1) is 12.8 Å². The number of hydrogen-bond acceptors (Lipinski definition) is 4. The smallest absolute Gasteiger partial charge is 0.142 e. The standard InChI is InChI=1S/C25H35N3O/c1-29-25-12-6-5-11-24(25)28-20-18-27(19-21-28)23-13-16-26(17-14-23)15-7-10-22-8-3-2-4-9-22/h2-6,8-9,11-12,23H,7,10,13-21H2,1H3. The monoisotopic (exact) mass is 393 g/mol. The van der Waals surface area contributed by atoms with Crippen molar-refractivity contribution in [3.05, 3.63) is 60.2 Å². The number of rotatable bonds is 7. The number of aryl methyl sites for hydroxylation is 1. The normalized spacial score (nSPS) is 19.4. The molecule has 4 heteroatoms. The lowest BCUT2D eigenvalue weighted by molar-refractivity contribution is 0.103. The van der Waals surface area contributed by atoms with Gasteiger partial charge >= 0.3 is 0 Å². The number of piperidine rings is 1. The number of methoxy groups -OCH3 is 1. The first-order valence-electron chi connectivity index (χ1n) is 11.2. The molecular formula is C25H35N3O. The molecule has 0 aliphatic carbocycles. The van der Waals surface area contributed by atoms with Gasteiger partial charge in [-0.25, -0.2) is 0 Å². The quantitative estimate of drug-likeness (QED) is 0.710. The molecule has 2 heterocycles. The van der Waals surface area contributed by atoms with Gasteiger partial charge in [0.25, 0.3) is 0 Å². The molecule has 156 valence electrons. The minimum Gasteiger partial charge on any atom is -0.495 e. The van der Waals surface area contributed by atoms with Crippen LogP contribution < -0.4 is 9.64 Å².